The Labute approximate surface area is 126 Å². The fraction of sp³-hybridized carbons (Fsp3) is 0.333. The Balaban J connectivity index is 1.74. The molecule has 0 aliphatic heterocycles. The summed E-state index contributed by atoms with van der Waals surface area (Å²) in [6, 6.07) is 10.7. The molecular weight excluding hydrogens is 326 g/mol. The van der Waals surface area contributed by atoms with Crippen LogP contribution in [0.25, 0.3) is 0 Å². The van der Waals surface area contributed by atoms with E-state index in [1.54, 1.807) is 6.26 Å². The highest BCUT2D eigenvalue weighted by molar-refractivity contribution is 9.10. The van der Waals surface area contributed by atoms with Crippen molar-refractivity contribution in [3.63, 3.8) is 0 Å². The third kappa shape index (κ3) is 3.41. The number of rotatable bonds is 5. The average Bonchev–Trinajstić information content (AvgIpc) is 3.10. The molecule has 1 aliphatic carbocycles. The van der Waals surface area contributed by atoms with E-state index in [1.807, 2.05) is 24.3 Å². The second-order valence-electron chi connectivity index (χ2n) is 4.95. The molecule has 1 saturated carbocycles. The smallest absolute Gasteiger partial charge is 0.117 e. The van der Waals surface area contributed by atoms with Crippen molar-refractivity contribution in [3.8, 4) is 0 Å². The van der Waals surface area contributed by atoms with Crippen molar-refractivity contribution in [2.75, 3.05) is 0 Å². The van der Waals surface area contributed by atoms with Crippen molar-refractivity contribution in [2.24, 2.45) is 0 Å². The van der Waals surface area contributed by atoms with Gasteiger partial charge in [-0.25, -0.2) is 0 Å². The molecule has 1 aliphatic rings. The van der Waals surface area contributed by atoms with Crippen molar-refractivity contribution < 1.29 is 4.42 Å². The van der Waals surface area contributed by atoms with Crippen molar-refractivity contribution in [2.45, 2.75) is 32.0 Å². The van der Waals surface area contributed by atoms with E-state index in [9.17, 15) is 0 Å². The van der Waals surface area contributed by atoms with Gasteiger partial charge >= 0.3 is 0 Å². The Hall–Kier alpha value is -0.770. The molecule has 0 N–H and O–H groups in total. The van der Waals surface area contributed by atoms with Gasteiger partial charge in [0.2, 0.25) is 0 Å². The maximum atomic E-state index is 6.30. The number of benzene rings is 1. The highest BCUT2D eigenvalue weighted by atomic mass is 79.9. The lowest BCUT2D eigenvalue weighted by Crippen LogP contribution is -2.25. The molecule has 1 aromatic heterocycles. The van der Waals surface area contributed by atoms with E-state index in [4.69, 9.17) is 16.0 Å². The second kappa shape index (κ2) is 5.70. The zero-order chi connectivity index (χ0) is 13.2. The van der Waals surface area contributed by atoms with Crippen LogP contribution in [0.15, 0.2) is 45.5 Å². The fourth-order valence-corrected chi connectivity index (χ4v) is 2.96. The summed E-state index contributed by atoms with van der Waals surface area (Å²) in [5, 5.41) is 0.819. The predicted molar refractivity (Wildman–Crippen MR) is 80.1 cm³/mol. The Kier molecular flexibility index (Phi) is 3.96. The molecule has 100 valence electrons. The van der Waals surface area contributed by atoms with Gasteiger partial charge in [0.1, 0.15) is 5.76 Å². The molecule has 4 heteroatoms. The summed E-state index contributed by atoms with van der Waals surface area (Å²) in [6.07, 6.45) is 4.27. The van der Waals surface area contributed by atoms with Gasteiger partial charge < -0.3 is 4.42 Å². The number of halogens is 2. The molecule has 19 heavy (non-hydrogen) atoms. The topological polar surface area (TPSA) is 16.4 Å². The molecular formula is C15H15BrClNO. The molecule has 3 rings (SSSR count). The minimum Gasteiger partial charge on any atom is -0.468 e. The second-order valence-corrected chi connectivity index (χ2v) is 6.27. The summed E-state index contributed by atoms with van der Waals surface area (Å²) in [7, 11) is 0. The molecule has 0 bridgehead atoms. The van der Waals surface area contributed by atoms with E-state index in [2.05, 4.69) is 26.9 Å². The van der Waals surface area contributed by atoms with E-state index >= 15 is 0 Å². The summed E-state index contributed by atoms with van der Waals surface area (Å²) in [4.78, 5) is 2.44. The number of nitrogens with zero attached hydrogens (tertiary/aromatic N) is 1. The standard InChI is InChI=1S/C15H15BrClNO/c16-12-4-3-11(15(17)8-12)9-18(13-5-6-13)10-14-2-1-7-19-14/h1-4,7-8,13H,5-6,9-10H2. The van der Waals surface area contributed by atoms with E-state index < -0.39 is 0 Å². The molecule has 2 nitrogen and oxygen atoms in total. The van der Waals surface area contributed by atoms with Crippen LogP contribution in [0.1, 0.15) is 24.2 Å². The first-order valence-electron chi connectivity index (χ1n) is 6.43. The van der Waals surface area contributed by atoms with Crippen molar-refractivity contribution in [1.29, 1.82) is 0 Å². The molecule has 0 radical (unpaired) electrons. The van der Waals surface area contributed by atoms with E-state index in [0.717, 1.165) is 28.3 Å². The molecule has 0 atom stereocenters. The fourth-order valence-electron chi connectivity index (χ4n) is 2.23. The Morgan fingerprint density at radius 1 is 1.26 bits per heavy atom. The van der Waals surface area contributed by atoms with Crippen molar-refractivity contribution in [1.82, 2.24) is 4.90 Å². The summed E-state index contributed by atoms with van der Waals surface area (Å²) < 4.78 is 6.47. The SMILES string of the molecule is Clc1cc(Br)ccc1CN(Cc1ccco1)C1CC1. The Morgan fingerprint density at radius 2 is 2.11 bits per heavy atom. The molecule has 0 spiro atoms. The first-order valence-corrected chi connectivity index (χ1v) is 7.60. The number of furan rings is 1. The summed E-state index contributed by atoms with van der Waals surface area (Å²) >= 11 is 9.74. The van der Waals surface area contributed by atoms with Gasteiger partial charge in [-0.3, -0.25) is 4.90 Å². The molecule has 0 unspecified atom stereocenters. The average molecular weight is 341 g/mol. The van der Waals surface area contributed by atoms with E-state index in [1.165, 1.54) is 18.4 Å². The van der Waals surface area contributed by atoms with Gasteiger partial charge in [0.15, 0.2) is 0 Å². The first-order chi connectivity index (χ1) is 9.22. The zero-order valence-corrected chi connectivity index (χ0v) is 12.8. The normalized spacial score (nSPS) is 15.1. The van der Waals surface area contributed by atoms with Gasteiger partial charge in [0.05, 0.1) is 12.8 Å². The molecule has 1 fully saturated rings. The lowest BCUT2D eigenvalue weighted by atomic mass is 10.2. The van der Waals surface area contributed by atoms with E-state index in [0.29, 0.717) is 6.04 Å². The van der Waals surface area contributed by atoms with Gasteiger partial charge in [0, 0.05) is 22.1 Å². The molecule has 1 aromatic carbocycles. The lowest BCUT2D eigenvalue weighted by molar-refractivity contribution is 0.225. The molecule has 1 heterocycles. The van der Waals surface area contributed by atoms with Crippen LogP contribution < -0.4 is 0 Å². The summed E-state index contributed by atoms with van der Waals surface area (Å²) in [5.74, 6) is 1.01. The van der Waals surface area contributed by atoms with Gasteiger partial charge in [-0.15, -0.1) is 0 Å². The van der Waals surface area contributed by atoms with Crippen LogP contribution in [0.5, 0.6) is 0 Å². The monoisotopic (exact) mass is 339 g/mol. The van der Waals surface area contributed by atoms with Gasteiger partial charge in [-0.05, 0) is 42.7 Å². The van der Waals surface area contributed by atoms with Gasteiger partial charge in [0.25, 0.3) is 0 Å². The maximum Gasteiger partial charge on any atom is 0.117 e. The summed E-state index contributed by atoms with van der Waals surface area (Å²) in [6.45, 7) is 1.72. The molecule has 2 aromatic rings. The maximum absolute atomic E-state index is 6.30. The predicted octanol–water partition coefficient (Wildman–Crippen LogP) is 4.86. The van der Waals surface area contributed by atoms with Crippen molar-refractivity contribution >= 4 is 27.5 Å². The van der Waals surface area contributed by atoms with Crippen LogP contribution in [-0.4, -0.2) is 10.9 Å². The third-order valence-corrected chi connectivity index (χ3v) is 4.24. The van der Waals surface area contributed by atoms with Crippen LogP contribution >= 0.6 is 27.5 Å². The van der Waals surface area contributed by atoms with Gasteiger partial charge in [-0.1, -0.05) is 33.6 Å². The first kappa shape index (κ1) is 13.2. The van der Waals surface area contributed by atoms with E-state index in [-0.39, 0.29) is 0 Å². The molecule has 0 amide bonds. The highest BCUT2D eigenvalue weighted by Crippen LogP contribution is 2.31. The zero-order valence-electron chi connectivity index (χ0n) is 10.5. The van der Waals surface area contributed by atoms with Crippen LogP contribution in [0.2, 0.25) is 5.02 Å². The Bertz CT molecular complexity index is 551. The Morgan fingerprint density at radius 3 is 2.74 bits per heavy atom. The highest BCUT2D eigenvalue weighted by Gasteiger charge is 2.29. The minimum absolute atomic E-state index is 0.671. The quantitative estimate of drug-likeness (QED) is 0.773. The minimum atomic E-state index is 0.671. The summed E-state index contributed by atoms with van der Waals surface area (Å²) in [5.41, 5.74) is 1.17. The molecule has 0 saturated heterocycles. The number of hydrogen-bond donors (Lipinski definition) is 0. The van der Waals surface area contributed by atoms with Gasteiger partial charge in [-0.2, -0.15) is 0 Å². The van der Waals surface area contributed by atoms with Crippen LogP contribution in [0.3, 0.4) is 0 Å². The van der Waals surface area contributed by atoms with Crippen LogP contribution in [-0.2, 0) is 13.1 Å². The van der Waals surface area contributed by atoms with Crippen molar-refractivity contribution in [3.05, 3.63) is 57.4 Å². The third-order valence-electron chi connectivity index (χ3n) is 3.39. The van der Waals surface area contributed by atoms with Crippen LogP contribution in [0.4, 0.5) is 0 Å². The van der Waals surface area contributed by atoms with Crippen LogP contribution in [0, 0.1) is 0 Å². The largest absolute Gasteiger partial charge is 0.468 e. The lowest BCUT2D eigenvalue weighted by Gasteiger charge is -2.21. The number of hydrogen-bond acceptors (Lipinski definition) is 2.